The molecular weight excluding hydrogens is 342 g/mol. The molecule has 1 heterocycles. The molecule has 0 spiro atoms. The summed E-state index contributed by atoms with van der Waals surface area (Å²) >= 11 is 0. The third kappa shape index (κ3) is 4.53. The van der Waals surface area contributed by atoms with Gasteiger partial charge in [-0.15, -0.1) is 0 Å². The second kappa shape index (κ2) is 8.49. The van der Waals surface area contributed by atoms with Gasteiger partial charge in [0.1, 0.15) is 0 Å². The number of rotatable bonds is 5. The molecule has 6 nitrogen and oxygen atoms in total. The fraction of sp³-hybridized carbons (Fsp3) is 0.286. The van der Waals surface area contributed by atoms with Crippen LogP contribution in [0.2, 0.25) is 0 Å². The van der Waals surface area contributed by atoms with Crippen molar-refractivity contribution in [2.24, 2.45) is 0 Å². The molecule has 3 rings (SSSR count). The van der Waals surface area contributed by atoms with E-state index in [1.165, 1.54) is 0 Å². The fourth-order valence-corrected chi connectivity index (χ4v) is 3.09. The summed E-state index contributed by atoms with van der Waals surface area (Å²) in [6, 6.07) is 14.7. The van der Waals surface area contributed by atoms with E-state index in [0.29, 0.717) is 43.9 Å². The normalized spacial score (nSPS) is 14.0. The Kier molecular flexibility index (Phi) is 5.86. The van der Waals surface area contributed by atoms with Crippen LogP contribution >= 0.6 is 0 Å². The zero-order chi connectivity index (χ0) is 19.2. The highest BCUT2D eigenvalue weighted by molar-refractivity contribution is 5.99. The third-order valence-electron chi connectivity index (χ3n) is 4.82. The second-order valence-electron chi connectivity index (χ2n) is 6.62. The molecule has 0 atom stereocenters. The Bertz CT molecular complexity index is 842. The number of nitrogens with one attached hydrogen (secondary N) is 1. The number of nitrogens with zero attached hydrogens (tertiary/aromatic N) is 2. The molecule has 0 radical (unpaired) electrons. The molecular formula is C21H23N3O3. The summed E-state index contributed by atoms with van der Waals surface area (Å²) in [7, 11) is 0. The molecule has 2 aromatic rings. The first-order chi connectivity index (χ1) is 13.1. The van der Waals surface area contributed by atoms with Crippen LogP contribution in [0.3, 0.4) is 0 Å². The van der Waals surface area contributed by atoms with Crippen molar-refractivity contribution in [2.45, 2.75) is 13.5 Å². The fourth-order valence-electron chi connectivity index (χ4n) is 3.09. The van der Waals surface area contributed by atoms with E-state index in [9.17, 15) is 14.4 Å². The summed E-state index contributed by atoms with van der Waals surface area (Å²) in [5.41, 5.74) is 3.13. The molecule has 1 N–H and O–H groups in total. The van der Waals surface area contributed by atoms with Crippen LogP contribution in [-0.4, -0.2) is 54.2 Å². The number of amides is 3. The molecule has 27 heavy (non-hydrogen) atoms. The zero-order valence-electron chi connectivity index (χ0n) is 15.4. The minimum Gasteiger partial charge on any atom is -0.348 e. The van der Waals surface area contributed by atoms with E-state index < -0.39 is 0 Å². The lowest BCUT2D eigenvalue weighted by atomic mass is 10.1. The maximum absolute atomic E-state index is 12.7. The van der Waals surface area contributed by atoms with Crippen LogP contribution in [-0.2, 0) is 11.3 Å². The highest BCUT2D eigenvalue weighted by Gasteiger charge is 2.22. The van der Waals surface area contributed by atoms with Crippen molar-refractivity contribution >= 4 is 18.2 Å². The molecule has 1 aliphatic heterocycles. The van der Waals surface area contributed by atoms with E-state index in [-0.39, 0.29) is 11.8 Å². The standard InChI is InChI=1S/C21H23N3O3/c1-16-5-2-3-6-19(16)14-22-20(26)17-7-4-8-18(13-17)21(27)24-11-9-23(15-25)10-12-24/h2-8,13,15H,9-12,14H2,1H3,(H,22,26). The number of piperazine rings is 1. The lowest BCUT2D eigenvalue weighted by Crippen LogP contribution is -2.48. The van der Waals surface area contributed by atoms with Crippen LogP contribution in [0, 0.1) is 6.92 Å². The quantitative estimate of drug-likeness (QED) is 0.822. The smallest absolute Gasteiger partial charge is 0.253 e. The highest BCUT2D eigenvalue weighted by atomic mass is 16.2. The van der Waals surface area contributed by atoms with Gasteiger partial charge in [0.2, 0.25) is 6.41 Å². The van der Waals surface area contributed by atoms with Crippen molar-refractivity contribution in [3.8, 4) is 0 Å². The average molecular weight is 365 g/mol. The average Bonchev–Trinajstić information content (AvgIpc) is 2.72. The van der Waals surface area contributed by atoms with E-state index in [0.717, 1.165) is 17.5 Å². The molecule has 1 fully saturated rings. The molecule has 1 aliphatic rings. The van der Waals surface area contributed by atoms with Crippen LogP contribution in [0.4, 0.5) is 0 Å². The van der Waals surface area contributed by atoms with Crippen molar-refractivity contribution in [2.75, 3.05) is 26.2 Å². The van der Waals surface area contributed by atoms with Crippen molar-refractivity contribution in [1.82, 2.24) is 15.1 Å². The number of hydrogen-bond donors (Lipinski definition) is 1. The molecule has 1 saturated heterocycles. The Morgan fingerprint density at radius 1 is 1.00 bits per heavy atom. The predicted octanol–water partition coefficient (Wildman–Crippen LogP) is 1.84. The SMILES string of the molecule is Cc1ccccc1CNC(=O)c1cccc(C(=O)N2CCN(C=O)CC2)c1. The van der Waals surface area contributed by atoms with Gasteiger partial charge in [0.15, 0.2) is 0 Å². The molecule has 2 aromatic carbocycles. The van der Waals surface area contributed by atoms with Gasteiger partial charge in [0, 0.05) is 43.9 Å². The number of carbonyl (C=O) groups is 3. The Labute approximate surface area is 158 Å². The van der Waals surface area contributed by atoms with Crippen molar-refractivity contribution < 1.29 is 14.4 Å². The number of hydrogen-bond acceptors (Lipinski definition) is 3. The van der Waals surface area contributed by atoms with E-state index >= 15 is 0 Å². The van der Waals surface area contributed by atoms with Gasteiger partial charge in [0.25, 0.3) is 11.8 Å². The largest absolute Gasteiger partial charge is 0.348 e. The Hall–Kier alpha value is -3.15. The maximum Gasteiger partial charge on any atom is 0.253 e. The van der Waals surface area contributed by atoms with Crippen molar-refractivity contribution in [1.29, 1.82) is 0 Å². The molecule has 0 saturated carbocycles. The predicted molar refractivity (Wildman–Crippen MR) is 102 cm³/mol. The second-order valence-corrected chi connectivity index (χ2v) is 6.62. The molecule has 0 aliphatic carbocycles. The lowest BCUT2D eigenvalue weighted by molar-refractivity contribution is -0.119. The molecule has 6 heteroatoms. The monoisotopic (exact) mass is 365 g/mol. The lowest BCUT2D eigenvalue weighted by Gasteiger charge is -2.32. The number of benzene rings is 2. The maximum atomic E-state index is 12.7. The topological polar surface area (TPSA) is 69.7 Å². The van der Waals surface area contributed by atoms with Crippen LogP contribution < -0.4 is 5.32 Å². The van der Waals surface area contributed by atoms with E-state index in [4.69, 9.17) is 0 Å². The zero-order valence-corrected chi connectivity index (χ0v) is 15.4. The molecule has 0 aromatic heterocycles. The Balaban J connectivity index is 1.64. The van der Waals surface area contributed by atoms with Gasteiger partial charge >= 0.3 is 0 Å². The van der Waals surface area contributed by atoms with Crippen molar-refractivity contribution in [3.05, 3.63) is 70.8 Å². The Morgan fingerprint density at radius 3 is 2.41 bits per heavy atom. The molecule has 0 bridgehead atoms. The van der Waals surface area contributed by atoms with Gasteiger partial charge in [-0.2, -0.15) is 0 Å². The van der Waals surface area contributed by atoms with Gasteiger partial charge in [0.05, 0.1) is 0 Å². The summed E-state index contributed by atoms with van der Waals surface area (Å²) in [5.74, 6) is -0.326. The number of carbonyl (C=O) groups excluding carboxylic acids is 3. The summed E-state index contributed by atoms with van der Waals surface area (Å²) in [6.07, 6.45) is 0.807. The van der Waals surface area contributed by atoms with Crippen LogP contribution in [0.15, 0.2) is 48.5 Å². The summed E-state index contributed by atoms with van der Waals surface area (Å²) in [5, 5.41) is 2.91. The van der Waals surface area contributed by atoms with Crippen LogP contribution in [0.25, 0.3) is 0 Å². The minimum atomic E-state index is -0.210. The first kappa shape index (κ1) is 18.6. The van der Waals surface area contributed by atoms with E-state index in [1.807, 2.05) is 31.2 Å². The highest BCUT2D eigenvalue weighted by Crippen LogP contribution is 2.12. The van der Waals surface area contributed by atoms with E-state index in [2.05, 4.69) is 5.32 Å². The van der Waals surface area contributed by atoms with Gasteiger partial charge in [-0.3, -0.25) is 14.4 Å². The van der Waals surface area contributed by atoms with Gasteiger partial charge < -0.3 is 15.1 Å². The summed E-state index contributed by atoms with van der Waals surface area (Å²) in [4.78, 5) is 39.3. The first-order valence-corrected chi connectivity index (χ1v) is 9.00. The van der Waals surface area contributed by atoms with Crippen LogP contribution in [0.1, 0.15) is 31.8 Å². The molecule has 140 valence electrons. The van der Waals surface area contributed by atoms with Gasteiger partial charge in [-0.05, 0) is 36.2 Å². The molecule has 0 unspecified atom stereocenters. The number of aryl methyl sites for hydroxylation is 1. The summed E-state index contributed by atoms with van der Waals surface area (Å²) in [6.45, 7) is 4.52. The van der Waals surface area contributed by atoms with Crippen molar-refractivity contribution in [3.63, 3.8) is 0 Å². The first-order valence-electron chi connectivity index (χ1n) is 9.00. The molecule has 3 amide bonds. The van der Waals surface area contributed by atoms with Gasteiger partial charge in [-0.25, -0.2) is 0 Å². The summed E-state index contributed by atoms with van der Waals surface area (Å²) < 4.78 is 0. The Morgan fingerprint density at radius 2 is 1.70 bits per heavy atom. The van der Waals surface area contributed by atoms with Gasteiger partial charge in [-0.1, -0.05) is 30.3 Å². The van der Waals surface area contributed by atoms with E-state index in [1.54, 1.807) is 34.1 Å². The van der Waals surface area contributed by atoms with Crippen LogP contribution in [0.5, 0.6) is 0 Å². The third-order valence-corrected chi connectivity index (χ3v) is 4.82. The minimum absolute atomic E-state index is 0.117.